The number of nitrogens with zero attached hydrogens (tertiary/aromatic N) is 4. The molecule has 4 aromatic rings. The first-order chi connectivity index (χ1) is 13.5. The van der Waals surface area contributed by atoms with Gasteiger partial charge in [-0.25, -0.2) is 14.5 Å². The second kappa shape index (κ2) is 6.80. The quantitative estimate of drug-likeness (QED) is 0.507. The number of aryl methyl sites for hydroxylation is 2. The summed E-state index contributed by atoms with van der Waals surface area (Å²) >= 11 is 0. The number of furan rings is 1. The van der Waals surface area contributed by atoms with Crippen LogP contribution in [0.3, 0.4) is 0 Å². The molecule has 8 nitrogen and oxygen atoms in total. The van der Waals surface area contributed by atoms with E-state index in [1.807, 2.05) is 31.2 Å². The monoisotopic (exact) mass is 378 g/mol. The van der Waals surface area contributed by atoms with Crippen LogP contribution in [0.15, 0.2) is 52.1 Å². The van der Waals surface area contributed by atoms with E-state index in [2.05, 4.69) is 10.1 Å². The maximum absolute atomic E-state index is 12.9. The zero-order chi connectivity index (χ0) is 19.8. The molecular weight excluding hydrogens is 360 g/mol. The van der Waals surface area contributed by atoms with Gasteiger partial charge >= 0.3 is 5.97 Å². The topological polar surface area (TPSA) is 92.2 Å². The van der Waals surface area contributed by atoms with Gasteiger partial charge in [-0.15, -0.1) is 0 Å². The molecule has 0 aliphatic rings. The fraction of sp³-hybridized carbons (Fsp3) is 0.200. The smallest absolute Gasteiger partial charge is 0.341 e. The molecule has 0 saturated heterocycles. The van der Waals surface area contributed by atoms with Crippen LogP contribution in [-0.2, 0) is 11.3 Å². The van der Waals surface area contributed by atoms with E-state index in [1.165, 1.54) is 24.2 Å². The van der Waals surface area contributed by atoms with Crippen molar-refractivity contribution in [3.05, 3.63) is 75.9 Å². The Morgan fingerprint density at radius 1 is 1.25 bits per heavy atom. The van der Waals surface area contributed by atoms with Crippen molar-refractivity contribution < 1.29 is 13.9 Å². The van der Waals surface area contributed by atoms with E-state index in [4.69, 9.17) is 9.15 Å². The fourth-order valence-corrected chi connectivity index (χ4v) is 3.14. The molecule has 0 aliphatic carbocycles. The van der Waals surface area contributed by atoms with E-state index in [0.717, 1.165) is 11.3 Å². The number of hydrogen-bond donors (Lipinski definition) is 0. The van der Waals surface area contributed by atoms with Gasteiger partial charge in [0.15, 0.2) is 5.65 Å². The Bertz CT molecular complexity index is 1250. The predicted molar refractivity (Wildman–Crippen MR) is 102 cm³/mol. The highest BCUT2D eigenvalue weighted by Gasteiger charge is 2.17. The fourth-order valence-electron chi connectivity index (χ4n) is 3.14. The maximum atomic E-state index is 12.9. The van der Waals surface area contributed by atoms with Crippen molar-refractivity contribution in [2.24, 2.45) is 0 Å². The second-order valence-electron chi connectivity index (χ2n) is 6.43. The van der Waals surface area contributed by atoms with Crippen LogP contribution in [0.4, 0.5) is 0 Å². The van der Waals surface area contributed by atoms with Gasteiger partial charge < -0.3 is 9.15 Å². The highest BCUT2D eigenvalue weighted by molar-refractivity contribution is 5.90. The molecule has 0 unspecified atom stereocenters. The van der Waals surface area contributed by atoms with Crippen molar-refractivity contribution in [2.75, 3.05) is 7.11 Å². The molecule has 1 aromatic carbocycles. The molecule has 28 heavy (non-hydrogen) atoms. The van der Waals surface area contributed by atoms with Gasteiger partial charge in [-0.2, -0.15) is 5.10 Å². The molecule has 0 saturated carbocycles. The summed E-state index contributed by atoms with van der Waals surface area (Å²) in [5.74, 6) is 0.427. The Labute approximate surface area is 160 Å². The SMILES string of the molecule is COC(=O)c1cc(Cn2cnc3c(cnn3-c3ccccc3C)c2=O)oc1C. The van der Waals surface area contributed by atoms with Crippen molar-refractivity contribution in [2.45, 2.75) is 20.4 Å². The van der Waals surface area contributed by atoms with Crippen molar-refractivity contribution in [3.63, 3.8) is 0 Å². The van der Waals surface area contributed by atoms with E-state index in [1.54, 1.807) is 17.7 Å². The lowest BCUT2D eigenvalue weighted by molar-refractivity contribution is 0.0599. The third-order valence-electron chi connectivity index (χ3n) is 4.60. The summed E-state index contributed by atoms with van der Waals surface area (Å²) in [7, 11) is 1.31. The molecule has 0 amide bonds. The van der Waals surface area contributed by atoms with E-state index in [-0.39, 0.29) is 12.1 Å². The number of hydrogen-bond acceptors (Lipinski definition) is 6. The number of fused-ring (bicyclic) bond motifs is 1. The molecule has 3 aromatic heterocycles. The van der Waals surface area contributed by atoms with Crippen molar-refractivity contribution >= 4 is 17.0 Å². The van der Waals surface area contributed by atoms with Gasteiger partial charge in [0, 0.05) is 0 Å². The van der Waals surface area contributed by atoms with Crippen LogP contribution in [0.25, 0.3) is 16.7 Å². The molecule has 0 bridgehead atoms. The molecule has 0 atom stereocenters. The number of carbonyl (C=O) groups excluding carboxylic acids is 1. The number of benzene rings is 1. The molecule has 0 radical (unpaired) electrons. The zero-order valence-electron chi connectivity index (χ0n) is 15.7. The predicted octanol–water partition coefficient (Wildman–Crippen LogP) is 2.63. The molecule has 8 heteroatoms. The second-order valence-corrected chi connectivity index (χ2v) is 6.43. The van der Waals surface area contributed by atoms with Crippen molar-refractivity contribution in [3.8, 4) is 5.69 Å². The number of methoxy groups -OCH3 is 1. The Morgan fingerprint density at radius 2 is 2.04 bits per heavy atom. The lowest BCUT2D eigenvalue weighted by Crippen LogP contribution is -2.21. The zero-order valence-corrected chi connectivity index (χ0v) is 15.7. The van der Waals surface area contributed by atoms with Gasteiger partial charge in [0.25, 0.3) is 5.56 Å². The number of aromatic nitrogens is 4. The third kappa shape index (κ3) is 2.88. The Hall–Kier alpha value is -3.68. The summed E-state index contributed by atoms with van der Waals surface area (Å²) in [4.78, 5) is 29.0. The van der Waals surface area contributed by atoms with E-state index >= 15 is 0 Å². The van der Waals surface area contributed by atoms with Gasteiger partial charge in [-0.1, -0.05) is 18.2 Å². The highest BCUT2D eigenvalue weighted by Crippen LogP contribution is 2.18. The molecule has 0 fully saturated rings. The molecule has 142 valence electrons. The minimum atomic E-state index is -0.479. The van der Waals surface area contributed by atoms with Crippen LogP contribution < -0.4 is 5.56 Å². The first-order valence-corrected chi connectivity index (χ1v) is 8.66. The van der Waals surface area contributed by atoms with Gasteiger partial charge in [0.2, 0.25) is 0 Å². The van der Waals surface area contributed by atoms with Crippen molar-refractivity contribution in [1.29, 1.82) is 0 Å². The molecule has 0 spiro atoms. The minimum absolute atomic E-state index is 0.148. The summed E-state index contributed by atoms with van der Waals surface area (Å²) in [6.45, 7) is 3.80. The average molecular weight is 378 g/mol. The van der Waals surface area contributed by atoms with Gasteiger partial charge in [0.05, 0.1) is 25.5 Å². The first-order valence-electron chi connectivity index (χ1n) is 8.66. The van der Waals surface area contributed by atoms with Crippen LogP contribution in [0.2, 0.25) is 0 Å². The Kier molecular flexibility index (Phi) is 4.31. The molecule has 4 rings (SSSR count). The van der Waals surface area contributed by atoms with Crippen LogP contribution in [0, 0.1) is 13.8 Å². The summed E-state index contributed by atoms with van der Waals surface area (Å²) in [6.07, 6.45) is 2.97. The van der Waals surface area contributed by atoms with Gasteiger partial charge in [-0.05, 0) is 31.5 Å². The largest absolute Gasteiger partial charge is 0.465 e. The van der Waals surface area contributed by atoms with E-state index < -0.39 is 5.97 Å². The highest BCUT2D eigenvalue weighted by atomic mass is 16.5. The molecule has 3 heterocycles. The maximum Gasteiger partial charge on any atom is 0.341 e. The summed E-state index contributed by atoms with van der Waals surface area (Å²) < 4.78 is 13.4. The lowest BCUT2D eigenvalue weighted by atomic mass is 10.2. The van der Waals surface area contributed by atoms with E-state index in [0.29, 0.717) is 28.1 Å². The number of esters is 1. The third-order valence-corrected chi connectivity index (χ3v) is 4.60. The first kappa shape index (κ1) is 17.7. The standard InChI is InChI=1S/C20H18N4O4/c1-12-6-4-5-7-17(12)24-18-16(9-22-24)19(25)23(11-21-18)10-14-8-15(13(2)28-14)20(26)27-3/h4-9,11H,10H2,1-3H3. The summed E-state index contributed by atoms with van der Waals surface area (Å²) in [6, 6.07) is 9.33. The Morgan fingerprint density at radius 3 is 2.79 bits per heavy atom. The number of rotatable bonds is 4. The van der Waals surface area contributed by atoms with Crippen LogP contribution >= 0.6 is 0 Å². The lowest BCUT2D eigenvalue weighted by Gasteiger charge is -2.07. The molecular formula is C20H18N4O4. The number of para-hydroxylation sites is 1. The van der Waals surface area contributed by atoms with Crippen LogP contribution in [0.1, 0.15) is 27.4 Å². The molecule has 0 aliphatic heterocycles. The van der Waals surface area contributed by atoms with Crippen LogP contribution in [0.5, 0.6) is 0 Å². The average Bonchev–Trinajstić information content (AvgIpc) is 3.28. The summed E-state index contributed by atoms with van der Waals surface area (Å²) in [5.41, 5.74) is 2.48. The van der Waals surface area contributed by atoms with Crippen molar-refractivity contribution in [1.82, 2.24) is 19.3 Å². The van der Waals surface area contributed by atoms with E-state index in [9.17, 15) is 9.59 Å². The molecule has 0 N–H and O–H groups in total. The van der Waals surface area contributed by atoms with Gasteiger partial charge in [0.1, 0.15) is 28.8 Å². The van der Waals surface area contributed by atoms with Gasteiger partial charge in [-0.3, -0.25) is 9.36 Å². The van der Waals surface area contributed by atoms with Crippen LogP contribution in [-0.4, -0.2) is 32.4 Å². The number of carbonyl (C=O) groups is 1. The Balaban J connectivity index is 1.73. The number of ether oxygens (including phenoxy) is 1. The summed E-state index contributed by atoms with van der Waals surface area (Å²) in [5, 5.41) is 4.75. The normalized spacial score (nSPS) is 11.1. The minimum Gasteiger partial charge on any atom is -0.465 e.